The first kappa shape index (κ1) is 38.3. The Balaban J connectivity index is 0.954. The summed E-state index contributed by atoms with van der Waals surface area (Å²) in [6, 6.07) is 85.4. The molecule has 0 saturated heterocycles. The smallest absolute Gasteiger partial charge is 0.159 e. The largest absolute Gasteiger partial charge is 0.333 e. The maximum Gasteiger partial charge on any atom is 0.159 e. The van der Waals surface area contributed by atoms with E-state index >= 15 is 0 Å². The van der Waals surface area contributed by atoms with Gasteiger partial charge in [-0.3, -0.25) is 0 Å². The summed E-state index contributed by atoms with van der Waals surface area (Å²) in [5.74, 6) is 1.59. The number of rotatable bonds is 7. The van der Waals surface area contributed by atoms with Crippen LogP contribution in [0.4, 0.5) is 0 Å². The van der Waals surface area contributed by atoms with Gasteiger partial charge in [0.15, 0.2) is 5.84 Å². The van der Waals surface area contributed by atoms with Crippen LogP contribution in [0, 0.1) is 0 Å². The van der Waals surface area contributed by atoms with Crippen LogP contribution in [0.15, 0.2) is 247 Å². The van der Waals surface area contributed by atoms with Crippen molar-refractivity contribution >= 4 is 54.8 Å². The fourth-order valence-electron chi connectivity index (χ4n) is 9.89. The summed E-state index contributed by atoms with van der Waals surface area (Å²) in [5.41, 5.74) is 12.5. The molecule has 0 radical (unpaired) electrons. The van der Waals surface area contributed by atoms with Gasteiger partial charge in [0.2, 0.25) is 0 Å². The fraction of sp³-hybridized carbons (Fsp3) is 0.0323. The zero-order valence-electron chi connectivity index (χ0n) is 35.9. The highest BCUT2D eigenvalue weighted by molar-refractivity contribution is 6.25. The Morgan fingerprint density at radius 2 is 0.831 bits per heavy atom. The second-order valence-corrected chi connectivity index (χ2v) is 16.9. The van der Waals surface area contributed by atoms with Crippen molar-refractivity contribution in [3.63, 3.8) is 0 Å². The van der Waals surface area contributed by atoms with E-state index in [9.17, 15) is 0 Å². The quantitative estimate of drug-likeness (QED) is 0.147. The Bertz CT molecular complexity index is 3630. The molecule has 0 aromatic heterocycles. The SMILES string of the molecule is CN1C(c2cccc(-c3ccccc3)c2)=NC(c2cccc(-c3ccc4ccccc4c3-c3ccc(-c4ccc5c6ccccc6c6ccccc6c5c4)cc3)c2)=NC1c1ccccc1. The molecule has 0 aliphatic carbocycles. The Kier molecular flexibility index (Phi) is 9.46. The monoisotopic (exact) mass is 829 g/mol. The van der Waals surface area contributed by atoms with Crippen molar-refractivity contribution in [2.24, 2.45) is 9.98 Å². The van der Waals surface area contributed by atoms with Gasteiger partial charge in [-0.05, 0) is 111 Å². The predicted molar refractivity (Wildman–Crippen MR) is 275 cm³/mol. The van der Waals surface area contributed by atoms with Crippen LogP contribution >= 0.6 is 0 Å². The first-order chi connectivity index (χ1) is 32.1. The Morgan fingerprint density at radius 1 is 0.338 bits per heavy atom. The molecule has 1 heterocycles. The summed E-state index contributed by atoms with van der Waals surface area (Å²) in [7, 11) is 2.10. The van der Waals surface area contributed by atoms with Gasteiger partial charge in [-0.1, -0.05) is 218 Å². The minimum atomic E-state index is -0.252. The van der Waals surface area contributed by atoms with Crippen molar-refractivity contribution in [3.8, 4) is 44.5 Å². The summed E-state index contributed by atoms with van der Waals surface area (Å²) in [6.45, 7) is 0. The van der Waals surface area contributed by atoms with Gasteiger partial charge in [0.25, 0.3) is 0 Å². The van der Waals surface area contributed by atoms with Crippen LogP contribution in [0.25, 0.3) is 87.6 Å². The van der Waals surface area contributed by atoms with E-state index in [-0.39, 0.29) is 6.17 Å². The number of fused-ring (bicyclic) bond motifs is 7. The van der Waals surface area contributed by atoms with Crippen LogP contribution in [0.1, 0.15) is 22.9 Å². The zero-order valence-corrected chi connectivity index (χ0v) is 35.9. The molecule has 0 amide bonds. The van der Waals surface area contributed by atoms with E-state index in [2.05, 4.69) is 249 Å². The highest BCUT2D eigenvalue weighted by Crippen LogP contribution is 2.41. The summed E-state index contributed by atoms with van der Waals surface area (Å²) >= 11 is 0. The Hall–Kier alpha value is -8.40. The molecule has 1 atom stereocenters. The van der Waals surface area contributed by atoms with Crippen molar-refractivity contribution in [2.45, 2.75) is 6.17 Å². The minimum Gasteiger partial charge on any atom is -0.333 e. The average Bonchev–Trinajstić information content (AvgIpc) is 3.39. The third kappa shape index (κ3) is 6.86. The number of nitrogens with zero attached hydrogens (tertiary/aromatic N) is 3. The van der Waals surface area contributed by atoms with Gasteiger partial charge in [0.05, 0.1) is 0 Å². The van der Waals surface area contributed by atoms with Crippen LogP contribution in [-0.4, -0.2) is 23.6 Å². The van der Waals surface area contributed by atoms with Gasteiger partial charge >= 0.3 is 0 Å². The Morgan fingerprint density at radius 3 is 1.55 bits per heavy atom. The van der Waals surface area contributed by atoms with Crippen molar-refractivity contribution in [2.75, 3.05) is 7.05 Å². The van der Waals surface area contributed by atoms with E-state index in [1.54, 1.807) is 0 Å². The zero-order chi connectivity index (χ0) is 43.3. The third-order valence-corrected chi connectivity index (χ3v) is 13.1. The Labute approximate surface area is 379 Å². The summed E-state index contributed by atoms with van der Waals surface area (Å²) in [4.78, 5) is 12.9. The molecule has 3 nitrogen and oxygen atoms in total. The third-order valence-electron chi connectivity index (χ3n) is 13.1. The van der Waals surface area contributed by atoms with Gasteiger partial charge in [-0.15, -0.1) is 0 Å². The van der Waals surface area contributed by atoms with Crippen LogP contribution < -0.4 is 0 Å². The molecule has 65 heavy (non-hydrogen) atoms. The number of amidine groups is 2. The molecule has 12 rings (SSSR count). The normalized spacial score (nSPS) is 13.9. The van der Waals surface area contributed by atoms with E-state index < -0.39 is 0 Å². The van der Waals surface area contributed by atoms with Gasteiger partial charge in [0.1, 0.15) is 12.0 Å². The number of hydrogen-bond acceptors (Lipinski definition) is 3. The number of benzene rings is 11. The van der Waals surface area contributed by atoms with E-state index in [0.29, 0.717) is 5.84 Å². The van der Waals surface area contributed by atoms with Crippen LogP contribution in [0.5, 0.6) is 0 Å². The molecule has 306 valence electrons. The lowest BCUT2D eigenvalue weighted by atomic mass is 9.88. The van der Waals surface area contributed by atoms with E-state index in [1.165, 1.54) is 70.9 Å². The lowest BCUT2D eigenvalue weighted by Gasteiger charge is -2.32. The standard InChI is InChI=1S/C62H43N3/c1-65-61(45-19-6-3-7-20-45)63-60(64-62(65)50-24-14-21-46(38-50)41-16-4-2-5-17-41)49-23-15-22-48(39-49)52-36-34-43-18-8-9-25-51(43)59(52)44-32-30-42(31-33-44)47-35-37-57-55-28-11-10-26-53(55)54-27-12-13-29-56(54)58(57)40-47/h2-40,61H,1H3. The number of hydrogen-bond donors (Lipinski definition) is 0. The molecule has 0 bridgehead atoms. The molecule has 11 aromatic carbocycles. The molecule has 1 aliphatic heterocycles. The van der Waals surface area contributed by atoms with Crippen molar-refractivity contribution in [1.82, 2.24) is 4.90 Å². The molecule has 11 aromatic rings. The van der Waals surface area contributed by atoms with Crippen LogP contribution in [-0.2, 0) is 0 Å². The van der Waals surface area contributed by atoms with Crippen LogP contribution in [0.3, 0.4) is 0 Å². The second kappa shape index (κ2) is 16.1. The van der Waals surface area contributed by atoms with E-state index in [4.69, 9.17) is 9.98 Å². The van der Waals surface area contributed by atoms with Gasteiger partial charge < -0.3 is 4.90 Å². The lowest BCUT2D eigenvalue weighted by molar-refractivity contribution is 0.383. The van der Waals surface area contributed by atoms with E-state index in [0.717, 1.165) is 39.2 Å². The number of aliphatic imine (C=N–C) groups is 2. The molecule has 1 unspecified atom stereocenters. The fourth-order valence-corrected chi connectivity index (χ4v) is 9.89. The molecular formula is C62H43N3. The highest BCUT2D eigenvalue weighted by Gasteiger charge is 2.27. The lowest BCUT2D eigenvalue weighted by Crippen LogP contribution is -2.35. The maximum absolute atomic E-state index is 5.37. The summed E-state index contributed by atoms with van der Waals surface area (Å²) < 4.78 is 0. The summed E-state index contributed by atoms with van der Waals surface area (Å²) in [5, 5.41) is 10.1. The van der Waals surface area contributed by atoms with Crippen molar-refractivity contribution in [1.29, 1.82) is 0 Å². The molecule has 3 heteroatoms. The molecule has 0 fully saturated rings. The molecular weight excluding hydrogens is 787 g/mol. The van der Waals surface area contributed by atoms with Gasteiger partial charge in [-0.2, -0.15) is 0 Å². The molecule has 0 saturated carbocycles. The topological polar surface area (TPSA) is 28.0 Å². The predicted octanol–water partition coefficient (Wildman–Crippen LogP) is 15.8. The van der Waals surface area contributed by atoms with Gasteiger partial charge in [-0.25, -0.2) is 9.98 Å². The maximum atomic E-state index is 5.37. The van der Waals surface area contributed by atoms with Crippen molar-refractivity contribution < 1.29 is 0 Å². The average molecular weight is 830 g/mol. The highest BCUT2D eigenvalue weighted by atomic mass is 15.3. The molecule has 1 aliphatic rings. The molecule has 0 N–H and O–H groups in total. The first-order valence-electron chi connectivity index (χ1n) is 22.3. The minimum absolute atomic E-state index is 0.252. The second-order valence-electron chi connectivity index (χ2n) is 16.9. The van der Waals surface area contributed by atoms with Crippen molar-refractivity contribution in [3.05, 3.63) is 253 Å². The first-order valence-corrected chi connectivity index (χ1v) is 22.3. The van der Waals surface area contributed by atoms with Crippen LogP contribution in [0.2, 0.25) is 0 Å². The molecule has 0 spiro atoms. The van der Waals surface area contributed by atoms with E-state index in [1.807, 2.05) is 0 Å². The summed E-state index contributed by atoms with van der Waals surface area (Å²) in [6.07, 6.45) is -0.252. The van der Waals surface area contributed by atoms with Gasteiger partial charge in [0, 0.05) is 18.2 Å².